The maximum atomic E-state index is 2.27. The van der Waals surface area contributed by atoms with Crippen LogP contribution in [-0.4, -0.2) is 0 Å². The van der Waals surface area contributed by atoms with E-state index in [9.17, 15) is 0 Å². The van der Waals surface area contributed by atoms with Crippen molar-refractivity contribution in [3.63, 3.8) is 0 Å². The fourth-order valence-corrected chi connectivity index (χ4v) is 1.72. The van der Waals surface area contributed by atoms with E-state index in [2.05, 4.69) is 48.6 Å². The van der Waals surface area contributed by atoms with Crippen molar-refractivity contribution in [1.29, 1.82) is 0 Å². The molecule has 0 nitrogen and oxygen atoms in total. The number of hydrogen-bond acceptors (Lipinski definition) is 0. The predicted octanol–water partition coefficient (Wildman–Crippen LogP) is 5.34. The molecule has 0 fully saturated rings. The molecule has 0 N–H and O–H groups in total. The van der Waals surface area contributed by atoms with Gasteiger partial charge in [-0.05, 0) is 51.4 Å². The summed E-state index contributed by atoms with van der Waals surface area (Å²) in [6, 6.07) is 0. The Hall–Kier alpha value is -0.546. The normalized spacial score (nSPS) is 22.6. The molecule has 0 bridgehead atoms. The van der Waals surface area contributed by atoms with Crippen molar-refractivity contribution in [2.24, 2.45) is 0 Å². The van der Waals surface area contributed by atoms with E-state index >= 15 is 0 Å². The summed E-state index contributed by atoms with van der Waals surface area (Å²) in [5.41, 5.74) is 0. The fourth-order valence-electron chi connectivity index (χ4n) is 1.72. The van der Waals surface area contributed by atoms with E-state index in [0.717, 1.165) is 12.8 Å². The molecule has 0 heterocycles. The zero-order valence-electron chi connectivity index (χ0n) is 10.6. The second-order valence-corrected chi connectivity index (χ2v) is 4.22. The molecule has 2 aliphatic rings. The summed E-state index contributed by atoms with van der Waals surface area (Å²) in [5, 5.41) is 0. The third-order valence-corrected chi connectivity index (χ3v) is 2.69. The first-order chi connectivity index (χ1) is 8.00. The van der Waals surface area contributed by atoms with Crippen molar-refractivity contribution in [2.75, 3.05) is 0 Å². The van der Waals surface area contributed by atoms with Gasteiger partial charge in [-0.15, -0.1) is 0 Å². The third kappa shape index (κ3) is 11.7. The van der Waals surface area contributed by atoms with Crippen molar-refractivity contribution < 1.29 is 16.5 Å². The van der Waals surface area contributed by atoms with Crippen LogP contribution >= 0.6 is 0 Å². The molecule has 0 amide bonds. The van der Waals surface area contributed by atoms with Crippen LogP contribution in [0.1, 0.15) is 51.4 Å². The predicted molar refractivity (Wildman–Crippen MR) is 73.5 cm³/mol. The topological polar surface area (TPSA) is 0 Å². The Morgan fingerprint density at radius 3 is 1.00 bits per heavy atom. The SMILES string of the molecule is C1=CCCC/C=C\C1.C1=CCCC/C=C\C1.[Ni]. The summed E-state index contributed by atoms with van der Waals surface area (Å²) in [6.45, 7) is 0. The second-order valence-electron chi connectivity index (χ2n) is 4.22. The first-order valence-corrected chi connectivity index (χ1v) is 6.60. The first-order valence-electron chi connectivity index (χ1n) is 6.60. The first kappa shape index (κ1) is 16.5. The van der Waals surface area contributed by atoms with E-state index in [1.807, 2.05) is 0 Å². The van der Waals surface area contributed by atoms with Crippen LogP contribution < -0.4 is 0 Å². The van der Waals surface area contributed by atoms with Gasteiger partial charge in [-0.1, -0.05) is 48.6 Å². The van der Waals surface area contributed by atoms with Gasteiger partial charge in [0.25, 0.3) is 0 Å². The summed E-state index contributed by atoms with van der Waals surface area (Å²) in [5.74, 6) is 0. The average Bonchev–Trinajstić information content (AvgIpc) is 2.15. The summed E-state index contributed by atoms with van der Waals surface area (Å²) < 4.78 is 0. The Labute approximate surface area is 116 Å². The Morgan fingerprint density at radius 2 is 0.706 bits per heavy atom. The van der Waals surface area contributed by atoms with Crippen molar-refractivity contribution >= 4 is 0 Å². The van der Waals surface area contributed by atoms with Crippen LogP contribution in [0.5, 0.6) is 0 Å². The molecular weight excluding hydrogens is 251 g/mol. The van der Waals surface area contributed by atoms with E-state index in [4.69, 9.17) is 0 Å². The van der Waals surface area contributed by atoms with E-state index in [0.29, 0.717) is 0 Å². The van der Waals surface area contributed by atoms with Gasteiger partial charge in [-0.2, -0.15) is 0 Å². The molecule has 0 unspecified atom stereocenters. The van der Waals surface area contributed by atoms with E-state index < -0.39 is 0 Å². The average molecular weight is 275 g/mol. The van der Waals surface area contributed by atoms with E-state index in [1.165, 1.54) is 38.5 Å². The minimum absolute atomic E-state index is 0. The zero-order chi connectivity index (χ0) is 11.3. The number of rotatable bonds is 0. The monoisotopic (exact) mass is 274 g/mol. The Kier molecular flexibility index (Phi) is 13.1. The van der Waals surface area contributed by atoms with Crippen molar-refractivity contribution in [1.82, 2.24) is 0 Å². The quantitative estimate of drug-likeness (QED) is 0.413. The van der Waals surface area contributed by atoms with Gasteiger partial charge in [0.15, 0.2) is 0 Å². The van der Waals surface area contributed by atoms with Crippen LogP contribution in [0.2, 0.25) is 0 Å². The van der Waals surface area contributed by atoms with Crippen molar-refractivity contribution in [2.45, 2.75) is 51.4 Å². The number of allylic oxidation sites excluding steroid dienone is 8. The molecule has 98 valence electrons. The molecule has 0 aromatic carbocycles. The van der Waals surface area contributed by atoms with Gasteiger partial charge < -0.3 is 0 Å². The smallest absolute Gasteiger partial charge is 0 e. The Balaban J connectivity index is 0.000000284. The molecule has 0 aromatic rings. The molecule has 0 radical (unpaired) electrons. The molecule has 0 spiro atoms. The molecule has 0 saturated carbocycles. The van der Waals surface area contributed by atoms with Crippen LogP contribution in [0.25, 0.3) is 0 Å². The standard InChI is InChI=1S/2C8H12.Ni/c2*1-2-4-6-8-7-5-3-1;/h2*1-2,5,7H,3-4,6,8H2;/b2*2-1-,7-5?;. The molecule has 2 rings (SSSR count). The fraction of sp³-hybridized carbons (Fsp3) is 0.500. The third-order valence-electron chi connectivity index (χ3n) is 2.69. The zero-order valence-corrected chi connectivity index (χ0v) is 11.6. The van der Waals surface area contributed by atoms with Crippen molar-refractivity contribution in [3.8, 4) is 0 Å². The molecule has 17 heavy (non-hydrogen) atoms. The Morgan fingerprint density at radius 1 is 0.412 bits per heavy atom. The van der Waals surface area contributed by atoms with Gasteiger partial charge in [-0.3, -0.25) is 0 Å². The molecular formula is C16H24Ni. The minimum Gasteiger partial charge on any atom is -0.0882 e. The van der Waals surface area contributed by atoms with Gasteiger partial charge in [0.05, 0.1) is 0 Å². The number of hydrogen-bond donors (Lipinski definition) is 0. The van der Waals surface area contributed by atoms with E-state index in [-0.39, 0.29) is 16.5 Å². The molecule has 2 aliphatic carbocycles. The van der Waals surface area contributed by atoms with Crippen LogP contribution in [-0.2, 0) is 16.5 Å². The van der Waals surface area contributed by atoms with Crippen LogP contribution in [0.3, 0.4) is 0 Å². The molecule has 0 aromatic heterocycles. The molecule has 0 aliphatic heterocycles. The van der Waals surface area contributed by atoms with Gasteiger partial charge in [0.2, 0.25) is 0 Å². The maximum Gasteiger partial charge on any atom is 0 e. The van der Waals surface area contributed by atoms with Crippen LogP contribution in [0.4, 0.5) is 0 Å². The Bertz CT molecular complexity index is 207. The second kappa shape index (κ2) is 13.5. The summed E-state index contributed by atoms with van der Waals surface area (Å²) >= 11 is 0. The van der Waals surface area contributed by atoms with Gasteiger partial charge >= 0.3 is 0 Å². The van der Waals surface area contributed by atoms with Crippen molar-refractivity contribution in [3.05, 3.63) is 48.6 Å². The maximum absolute atomic E-state index is 2.27. The largest absolute Gasteiger partial charge is 0.0882 e. The van der Waals surface area contributed by atoms with Gasteiger partial charge in [0, 0.05) is 16.5 Å². The molecule has 0 saturated heterocycles. The van der Waals surface area contributed by atoms with Crippen LogP contribution in [0, 0.1) is 0 Å². The van der Waals surface area contributed by atoms with Gasteiger partial charge in [0.1, 0.15) is 0 Å². The van der Waals surface area contributed by atoms with E-state index in [1.54, 1.807) is 0 Å². The summed E-state index contributed by atoms with van der Waals surface area (Å²) in [4.78, 5) is 0. The van der Waals surface area contributed by atoms with Gasteiger partial charge in [-0.25, -0.2) is 0 Å². The molecule has 1 heteroatoms. The molecule has 0 atom stereocenters. The minimum atomic E-state index is 0. The summed E-state index contributed by atoms with van der Waals surface area (Å²) in [6.07, 6.45) is 28.0. The van der Waals surface area contributed by atoms with Crippen LogP contribution in [0.15, 0.2) is 48.6 Å². The summed E-state index contributed by atoms with van der Waals surface area (Å²) in [7, 11) is 0.